The standard InChI is InChI=1S/C14H16ClN3/c15-12-3-1-2-11-5-7-17-14(13(11)12)18-9-10-4-6-16-8-10/h1-3,5,7,10,16H,4,6,8-9H2,(H,17,18). The third kappa shape index (κ3) is 2.28. The van der Waals surface area contributed by atoms with E-state index in [1.54, 1.807) is 0 Å². The molecule has 1 fully saturated rings. The number of nitrogens with one attached hydrogen (secondary N) is 2. The minimum atomic E-state index is 0.685. The van der Waals surface area contributed by atoms with Gasteiger partial charge in [0.15, 0.2) is 0 Å². The van der Waals surface area contributed by atoms with Crippen LogP contribution >= 0.6 is 11.6 Å². The van der Waals surface area contributed by atoms with Gasteiger partial charge < -0.3 is 10.6 Å². The van der Waals surface area contributed by atoms with Gasteiger partial charge in [-0.3, -0.25) is 0 Å². The third-order valence-electron chi connectivity index (χ3n) is 3.46. The highest BCUT2D eigenvalue weighted by molar-refractivity contribution is 6.36. The van der Waals surface area contributed by atoms with Crippen molar-refractivity contribution < 1.29 is 0 Å². The Bertz CT molecular complexity index is 544. The van der Waals surface area contributed by atoms with E-state index in [0.717, 1.165) is 41.2 Å². The van der Waals surface area contributed by atoms with Gasteiger partial charge in [-0.15, -0.1) is 0 Å². The summed E-state index contributed by atoms with van der Waals surface area (Å²) >= 11 is 6.27. The second-order valence-electron chi connectivity index (χ2n) is 4.74. The Morgan fingerprint density at radius 2 is 2.33 bits per heavy atom. The third-order valence-corrected chi connectivity index (χ3v) is 3.78. The summed E-state index contributed by atoms with van der Waals surface area (Å²) in [6.07, 6.45) is 3.05. The molecule has 0 amide bonds. The predicted molar refractivity (Wildman–Crippen MR) is 76.2 cm³/mol. The lowest BCUT2D eigenvalue weighted by Gasteiger charge is -2.13. The van der Waals surface area contributed by atoms with Crippen LogP contribution in [0.3, 0.4) is 0 Å². The lowest BCUT2D eigenvalue weighted by molar-refractivity contribution is 0.614. The van der Waals surface area contributed by atoms with Crippen LogP contribution in [-0.2, 0) is 0 Å². The van der Waals surface area contributed by atoms with Crippen LogP contribution in [0.1, 0.15) is 6.42 Å². The summed E-state index contributed by atoms with van der Waals surface area (Å²) in [5.74, 6) is 1.58. The molecule has 1 saturated heterocycles. The molecule has 3 rings (SSSR count). The van der Waals surface area contributed by atoms with E-state index in [1.807, 2.05) is 24.4 Å². The molecule has 1 aromatic heterocycles. The number of hydrogen-bond donors (Lipinski definition) is 2. The first kappa shape index (κ1) is 11.8. The lowest BCUT2D eigenvalue weighted by atomic mass is 10.1. The van der Waals surface area contributed by atoms with E-state index in [0.29, 0.717) is 5.92 Å². The number of benzene rings is 1. The van der Waals surface area contributed by atoms with Gasteiger partial charge in [0.2, 0.25) is 0 Å². The molecule has 0 aliphatic carbocycles. The van der Waals surface area contributed by atoms with Crippen LogP contribution in [0.15, 0.2) is 30.5 Å². The topological polar surface area (TPSA) is 37.0 Å². The molecular formula is C14H16ClN3. The summed E-state index contributed by atoms with van der Waals surface area (Å²) in [6.45, 7) is 3.16. The van der Waals surface area contributed by atoms with E-state index in [1.165, 1.54) is 6.42 Å². The molecule has 4 heteroatoms. The Balaban J connectivity index is 1.86. The van der Waals surface area contributed by atoms with Crippen LogP contribution in [0.4, 0.5) is 5.82 Å². The number of hydrogen-bond acceptors (Lipinski definition) is 3. The van der Waals surface area contributed by atoms with Gasteiger partial charge >= 0.3 is 0 Å². The number of halogens is 1. The molecule has 2 aromatic rings. The molecule has 0 spiro atoms. The van der Waals surface area contributed by atoms with Gasteiger partial charge in [0, 0.05) is 18.1 Å². The average molecular weight is 262 g/mol. The van der Waals surface area contributed by atoms with Crippen molar-refractivity contribution in [2.24, 2.45) is 5.92 Å². The summed E-state index contributed by atoms with van der Waals surface area (Å²) in [7, 11) is 0. The Morgan fingerprint density at radius 1 is 1.39 bits per heavy atom. The van der Waals surface area contributed by atoms with E-state index in [-0.39, 0.29) is 0 Å². The second-order valence-corrected chi connectivity index (χ2v) is 5.14. The van der Waals surface area contributed by atoms with Gasteiger partial charge in [-0.2, -0.15) is 0 Å². The molecule has 1 aromatic carbocycles. The minimum absolute atomic E-state index is 0.685. The van der Waals surface area contributed by atoms with Crippen molar-refractivity contribution in [2.75, 3.05) is 25.0 Å². The summed E-state index contributed by atoms with van der Waals surface area (Å²) in [5, 5.41) is 9.71. The van der Waals surface area contributed by atoms with Gasteiger partial charge in [-0.05, 0) is 42.9 Å². The highest BCUT2D eigenvalue weighted by atomic mass is 35.5. The quantitative estimate of drug-likeness (QED) is 0.892. The molecule has 1 atom stereocenters. The normalized spacial score (nSPS) is 19.3. The zero-order valence-electron chi connectivity index (χ0n) is 10.1. The van der Waals surface area contributed by atoms with Gasteiger partial charge in [-0.25, -0.2) is 4.98 Å². The maximum Gasteiger partial charge on any atom is 0.135 e. The number of rotatable bonds is 3. The number of fused-ring (bicyclic) bond motifs is 1. The fraction of sp³-hybridized carbons (Fsp3) is 0.357. The molecule has 94 valence electrons. The summed E-state index contributed by atoms with van der Waals surface area (Å²) in [4.78, 5) is 4.41. The highest BCUT2D eigenvalue weighted by Gasteiger charge is 2.15. The number of nitrogens with zero attached hydrogens (tertiary/aromatic N) is 1. The van der Waals surface area contributed by atoms with Gasteiger partial charge in [0.1, 0.15) is 5.82 Å². The van der Waals surface area contributed by atoms with Crippen LogP contribution in [-0.4, -0.2) is 24.6 Å². The maximum absolute atomic E-state index is 6.27. The number of aromatic nitrogens is 1. The first-order valence-electron chi connectivity index (χ1n) is 6.32. The zero-order valence-corrected chi connectivity index (χ0v) is 10.9. The Morgan fingerprint density at radius 3 is 3.17 bits per heavy atom. The molecule has 2 N–H and O–H groups in total. The van der Waals surface area contributed by atoms with E-state index in [2.05, 4.69) is 21.7 Å². The summed E-state index contributed by atoms with van der Waals surface area (Å²) in [6, 6.07) is 7.93. The predicted octanol–water partition coefficient (Wildman–Crippen LogP) is 2.91. The molecule has 18 heavy (non-hydrogen) atoms. The van der Waals surface area contributed by atoms with Crippen molar-refractivity contribution in [1.29, 1.82) is 0 Å². The van der Waals surface area contributed by atoms with Gasteiger partial charge in [0.25, 0.3) is 0 Å². The van der Waals surface area contributed by atoms with E-state index in [4.69, 9.17) is 11.6 Å². The number of pyridine rings is 1. The monoisotopic (exact) mass is 261 g/mol. The number of anilines is 1. The van der Waals surface area contributed by atoms with E-state index < -0.39 is 0 Å². The fourth-order valence-electron chi connectivity index (χ4n) is 2.45. The van der Waals surface area contributed by atoms with Crippen molar-refractivity contribution >= 4 is 28.2 Å². The Hall–Kier alpha value is -1.32. The second kappa shape index (κ2) is 5.12. The lowest BCUT2D eigenvalue weighted by Crippen LogP contribution is -2.17. The Labute approximate surface area is 112 Å². The van der Waals surface area contributed by atoms with Crippen LogP contribution in [0, 0.1) is 5.92 Å². The zero-order chi connectivity index (χ0) is 12.4. The molecule has 1 aliphatic heterocycles. The highest BCUT2D eigenvalue weighted by Crippen LogP contribution is 2.28. The van der Waals surface area contributed by atoms with Crippen LogP contribution < -0.4 is 10.6 Å². The van der Waals surface area contributed by atoms with Crippen molar-refractivity contribution in [3.8, 4) is 0 Å². The molecule has 3 nitrogen and oxygen atoms in total. The Kier molecular flexibility index (Phi) is 3.35. The summed E-state index contributed by atoms with van der Waals surface area (Å²) in [5.41, 5.74) is 0. The van der Waals surface area contributed by atoms with E-state index >= 15 is 0 Å². The van der Waals surface area contributed by atoms with Crippen molar-refractivity contribution in [3.05, 3.63) is 35.5 Å². The minimum Gasteiger partial charge on any atom is -0.369 e. The SMILES string of the molecule is Clc1cccc2ccnc(NCC3CCNC3)c12. The summed E-state index contributed by atoms with van der Waals surface area (Å²) < 4.78 is 0. The largest absolute Gasteiger partial charge is 0.369 e. The molecule has 0 radical (unpaired) electrons. The maximum atomic E-state index is 6.27. The molecule has 0 saturated carbocycles. The van der Waals surface area contributed by atoms with Crippen LogP contribution in [0.5, 0.6) is 0 Å². The molecule has 0 bridgehead atoms. The first-order valence-corrected chi connectivity index (χ1v) is 6.70. The first-order chi connectivity index (χ1) is 8.84. The van der Waals surface area contributed by atoms with Crippen molar-refractivity contribution in [2.45, 2.75) is 6.42 Å². The average Bonchev–Trinajstić information content (AvgIpc) is 2.89. The van der Waals surface area contributed by atoms with Gasteiger partial charge in [-0.1, -0.05) is 23.7 Å². The fourth-order valence-corrected chi connectivity index (χ4v) is 2.72. The molecule has 1 unspecified atom stereocenters. The van der Waals surface area contributed by atoms with Crippen molar-refractivity contribution in [3.63, 3.8) is 0 Å². The molecule has 2 heterocycles. The van der Waals surface area contributed by atoms with Gasteiger partial charge in [0.05, 0.1) is 5.02 Å². The smallest absolute Gasteiger partial charge is 0.135 e. The van der Waals surface area contributed by atoms with Crippen molar-refractivity contribution in [1.82, 2.24) is 10.3 Å². The van der Waals surface area contributed by atoms with E-state index in [9.17, 15) is 0 Å². The molecular weight excluding hydrogens is 246 g/mol. The molecule has 1 aliphatic rings. The van der Waals surface area contributed by atoms with Crippen LogP contribution in [0.25, 0.3) is 10.8 Å². The van der Waals surface area contributed by atoms with Crippen LogP contribution in [0.2, 0.25) is 5.02 Å².